The van der Waals surface area contributed by atoms with Gasteiger partial charge in [0.2, 0.25) is 17.7 Å². The van der Waals surface area contributed by atoms with E-state index in [1.807, 2.05) is 27.7 Å². The minimum absolute atomic E-state index is 0.162. The molecule has 0 aromatic rings. The molecule has 0 saturated carbocycles. The van der Waals surface area contributed by atoms with Crippen LogP contribution in [-0.4, -0.2) is 59.0 Å². The van der Waals surface area contributed by atoms with Crippen molar-refractivity contribution in [3.63, 3.8) is 0 Å². The van der Waals surface area contributed by atoms with Gasteiger partial charge in [-0.2, -0.15) is 0 Å². The van der Waals surface area contributed by atoms with Crippen LogP contribution in [0.4, 0.5) is 4.79 Å². The minimum Gasteiger partial charge on any atom is -0.444 e. The molecule has 1 aliphatic rings. The van der Waals surface area contributed by atoms with Crippen LogP contribution >= 0.6 is 0 Å². The van der Waals surface area contributed by atoms with E-state index in [1.54, 1.807) is 20.8 Å². The van der Waals surface area contributed by atoms with Gasteiger partial charge in [0.25, 0.3) is 0 Å². The Morgan fingerprint density at radius 3 is 2.06 bits per heavy atom. The third-order valence-electron chi connectivity index (χ3n) is 5.81. The maximum Gasteiger partial charge on any atom is 0.408 e. The lowest BCUT2D eigenvalue weighted by Gasteiger charge is -2.33. The molecular weight excluding hydrogens is 400 g/mol. The molecule has 0 aromatic heterocycles. The molecule has 178 valence electrons. The van der Waals surface area contributed by atoms with Crippen LogP contribution in [0, 0.1) is 11.8 Å². The standard InChI is InChI=1S/C22H40N4O5/c1-8-13(3)16(25-21(30)31-22(5,6)7)19(28)24-17(14(4)9-2)20(29)26-12-10-11-15(26)18(23)27/h13-17H,8-12H2,1-7H3,(H2,23,27)(H,24,28)(H,25,30)/t13-,14-,15-,16-,17-/m0/s1. The lowest BCUT2D eigenvalue weighted by molar-refractivity contribution is -0.142. The minimum atomic E-state index is -0.857. The van der Waals surface area contributed by atoms with Crippen molar-refractivity contribution >= 4 is 23.8 Å². The van der Waals surface area contributed by atoms with Crippen LogP contribution in [0.3, 0.4) is 0 Å². The van der Waals surface area contributed by atoms with Crippen LogP contribution < -0.4 is 16.4 Å². The summed E-state index contributed by atoms with van der Waals surface area (Å²) in [6, 6.07) is -2.32. The fourth-order valence-electron chi connectivity index (χ4n) is 3.57. The van der Waals surface area contributed by atoms with Crippen molar-refractivity contribution in [1.82, 2.24) is 15.5 Å². The van der Waals surface area contributed by atoms with Gasteiger partial charge in [0.1, 0.15) is 23.7 Å². The van der Waals surface area contributed by atoms with E-state index in [2.05, 4.69) is 10.6 Å². The van der Waals surface area contributed by atoms with E-state index in [9.17, 15) is 19.2 Å². The number of nitrogens with one attached hydrogen (secondary N) is 2. The molecule has 0 radical (unpaired) electrons. The van der Waals surface area contributed by atoms with Gasteiger partial charge in [0.05, 0.1) is 0 Å². The summed E-state index contributed by atoms with van der Waals surface area (Å²) in [5.41, 5.74) is 4.77. The molecule has 1 rings (SSSR count). The number of nitrogens with two attached hydrogens (primary N) is 1. The van der Waals surface area contributed by atoms with Crippen molar-refractivity contribution in [2.45, 2.75) is 97.9 Å². The van der Waals surface area contributed by atoms with Crippen LogP contribution in [-0.2, 0) is 19.1 Å². The van der Waals surface area contributed by atoms with Crippen LogP contribution in [0.1, 0.15) is 74.1 Å². The van der Waals surface area contributed by atoms with Crippen LogP contribution in [0.25, 0.3) is 0 Å². The first kappa shape index (κ1) is 26.7. The summed E-state index contributed by atoms with van der Waals surface area (Å²) in [6.07, 6.45) is 1.83. The van der Waals surface area contributed by atoms with E-state index in [0.29, 0.717) is 32.2 Å². The first-order valence-corrected chi connectivity index (χ1v) is 11.2. The summed E-state index contributed by atoms with van der Waals surface area (Å²) in [7, 11) is 0. The van der Waals surface area contributed by atoms with Gasteiger partial charge in [0.15, 0.2) is 0 Å². The highest BCUT2D eigenvalue weighted by molar-refractivity contribution is 5.94. The van der Waals surface area contributed by atoms with Crippen molar-refractivity contribution in [2.75, 3.05) is 6.54 Å². The smallest absolute Gasteiger partial charge is 0.408 e. The maximum absolute atomic E-state index is 13.3. The molecule has 31 heavy (non-hydrogen) atoms. The zero-order chi connectivity index (χ0) is 23.9. The molecule has 1 aliphatic heterocycles. The van der Waals surface area contributed by atoms with Crippen LogP contribution in [0.15, 0.2) is 0 Å². The third-order valence-corrected chi connectivity index (χ3v) is 5.81. The molecule has 0 spiro atoms. The van der Waals surface area contributed by atoms with E-state index < -0.39 is 41.6 Å². The fourth-order valence-corrected chi connectivity index (χ4v) is 3.57. The molecule has 9 heteroatoms. The van der Waals surface area contributed by atoms with Gasteiger partial charge in [0, 0.05) is 6.54 Å². The van der Waals surface area contributed by atoms with Crippen molar-refractivity contribution in [3.8, 4) is 0 Å². The van der Waals surface area contributed by atoms with Crippen molar-refractivity contribution in [1.29, 1.82) is 0 Å². The molecule has 0 unspecified atom stereocenters. The summed E-state index contributed by atoms with van der Waals surface area (Å²) in [6.45, 7) is 13.2. The topological polar surface area (TPSA) is 131 Å². The Morgan fingerprint density at radius 2 is 1.58 bits per heavy atom. The average molecular weight is 441 g/mol. The number of nitrogens with zero attached hydrogens (tertiary/aromatic N) is 1. The number of hydrogen-bond acceptors (Lipinski definition) is 5. The van der Waals surface area contributed by atoms with E-state index in [1.165, 1.54) is 4.90 Å². The zero-order valence-electron chi connectivity index (χ0n) is 20.0. The third kappa shape index (κ3) is 7.70. The second kappa shape index (κ2) is 11.3. The van der Waals surface area contributed by atoms with Crippen molar-refractivity contribution < 1.29 is 23.9 Å². The molecule has 5 atom stereocenters. The van der Waals surface area contributed by atoms with Gasteiger partial charge in [-0.1, -0.05) is 40.5 Å². The largest absolute Gasteiger partial charge is 0.444 e. The van der Waals surface area contributed by atoms with Gasteiger partial charge in [-0.15, -0.1) is 0 Å². The van der Waals surface area contributed by atoms with Gasteiger partial charge in [-0.05, 0) is 45.4 Å². The Kier molecular flexibility index (Phi) is 9.77. The highest BCUT2D eigenvalue weighted by Gasteiger charge is 2.39. The number of amides is 4. The summed E-state index contributed by atoms with van der Waals surface area (Å²) in [5.74, 6) is -1.64. The van der Waals surface area contributed by atoms with Gasteiger partial charge < -0.3 is 26.0 Å². The molecule has 1 heterocycles. The molecule has 0 aliphatic carbocycles. The number of primary amides is 1. The number of likely N-dealkylation sites (tertiary alicyclic amines) is 1. The fraction of sp³-hybridized carbons (Fsp3) is 0.818. The second-order valence-corrected chi connectivity index (χ2v) is 9.47. The molecule has 4 N–H and O–H groups in total. The maximum atomic E-state index is 13.3. The summed E-state index contributed by atoms with van der Waals surface area (Å²) >= 11 is 0. The zero-order valence-corrected chi connectivity index (χ0v) is 20.0. The second-order valence-electron chi connectivity index (χ2n) is 9.47. The summed E-state index contributed by atoms with van der Waals surface area (Å²) in [5, 5.41) is 5.48. The highest BCUT2D eigenvalue weighted by Crippen LogP contribution is 2.21. The molecule has 4 amide bonds. The Balaban J connectivity index is 3.04. The number of rotatable bonds is 9. The van der Waals surface area contributed by atoms with Crippen molar-refractivity contribution in [3.05, 3.63) is 0 Å². The lowest BCUT2D eigenvalue weighted by Crippen LogP contribution is -2.59. The molecule has 9 nitrogen and oxygen atoms in total. The number of carbonyl (C=O) groups is 4. The highest BCUT2D eigenvalue weighted by atomic mass is 16.6. The number of hydrogen-bond donors (Lipinski definition) is 3. The first-order chi connectivity index (χ1) is 14.3. The van der Waals surface area contributed by atoms with E-state index in [0.717, 1.165) is 0 Å². The predicted molar refractivity (Wildman–Crippen MR) is 118 cm³/mol. The van der Waals surface area contributed by atoms with E-state index >= 15 is 0 Å². The Hall–Kier alpha value is -2.32. The average Bonchev–Trinajstić information content (AvgIpc) is 3.17. The lowest BCUT2D eigenvalue weighted by atomic mass is 9.94. The Morgan fingerprint density at radius 1 is 1.03 bits per heavy atom. The Bertz CT molecular complexity index is 661. The molecule has 0 aromatic carbocycles. The number of alkyl carbamates (subject to hydrolysis) is 1. The molecule has 1 fully saturated rings. The number of carbonyl (C=O) groups excluding carboxylic acids is 4. The number of ether oxygens (including phenoxy) is 1. The van der Waals surface area contributed by atoms with Crippen molar-refractivity contribution in [2.24, 2.45) is 17.6 Å². The molecule has 0 bridgehead atoms. The SMILES string of the molecule is CC[C@H](C)[C@H](NC(=O)OC(C)(C)C)C(=O)N[C@H](C(=O)N1CCC[C@H]1C(N)=O)[C@@H](C)CC. The normalized spacial score (nSPS) is 20.4. The van der Waals surface area contributed by atoms with Gasteiger partial charge >= 0.3 is 6.09 Å². The first-order valence-electron chi connectivity index (χ1n) is 11.2. The monoisotopic (exact) mass is 440 g/mol. The molecular formula is C22H40N4O5. The Labute approximate surface area is 185 Å². The van der Waals surface area contributed by atoms with Gasteiger partial charge in [-0.25, -0.2) is 4.79 Å². The summed E-state index contributed by atoms with van der Waals surface area (Å²) < 4.78 is 5.30. The van der Waals surface area contributed by atoms with Gasteiger partial charge in [-0.3, -0.25) is 14.4 Å². The van der Waals surface area contributed by atoms with Crippen LogP contribution in [0.2, 0.25) is 0 Å². The van der Waals surface area contributed by atoms with Crippen LogP contribution in [0.5, 0.6) is 0 Å². The molecule has 1 saturated heterocycles. The predicted octanol–water partition coefficient (Wildman–Crippen LogP) is 1.93. The van der Waals surface area contributed by atoms with E-state index in [4.69, 9.17) is 10.5 Å². The summed E-state index contributed by atoms with van der Waals surface area (Å²) in [4.78, 5) is 51.9. The quantitative estimate of drug-likeness (QED) is 0.504. The van der Waals surface area contributed by atoms with E-state index in [-0.39, 0.29) is 17.7 Å².